The van der Waals surface area contributed by atoms with Gasteiger partial charge in [-0.25, -0.2) is 4.39 Å². The Hall–Kier alpha value is -2.07. The zero-order valence-corrected chi connectivity index (χ0v) is 11.9. The lowest BCUT2D eigenvalue weighted by Gasteiger charge is -2.07. The summed E-state index contributed by atoms with van der Waals surface area (Å²) in [7, 11) is 0. The van der Waals surface area contributed by atoms with E-state index in [9.17, 15) is 9.18 Å². The van der Waals surface area contributed by atoms with Crippen LogP contribution in [0.2, 0.25) is 0 Å². The van der Waals surface area contributed by atoms with E-state index in [0.29, 0.717) is 21.1 Å². The van der Waals surface area contributed by atoms with Gasteiger partial charge in [0.25, 0.3) is 0 Å². The fourth-order valence-corrected chi connectivity index (χ4v) is 2.53. The van der Waals surface area contributed by atoms with Crippen molar-refractivity contribution in [3.8, 4) is 0 Å². The van der Waals surface area contributed by atoms with E-state index in [0.717, 1.165) is 5.39 Å². The average molecular weight is 330 g/mol. The number of pyridine rings is 1. The lowest BCUT2D eigenvalue weighted by atomic mass is 10.0. The molecule has 0 unspecified atom stereocenters. The number of rotatable bonds is 2. The van der Waals surface area contributed by atoms with Crippen LogP contribution in [0.15, 0.2) is 59.2 Å². The Morgan fingerprint density at radius 2 is 1.85 bits per heavy atom. The van der Waals surface area contributed by atoms with Crippen LogP contribution < -0.4 is 0 Å². The number of hydrogen-bond acceptors (Lipinski definition) is 2. The monoisotopic (exact) mass is 329 g/mol. The number of fused-ring (bicyclic) bond motifs is 1. The summed E-state index contributed by atoms with van der Waals surface area (Å²) in [5, 5.41) is 0.880. The first-order chi connectivity index (χ1) is 9.66. The molecule has 0 N–H and O–H groups in total. The molecule has 1 aromatic heterocycles. The third-order valence-electron chi connectivity index (χ3n) is 3.05. The Kier molecular flexibility index (Phi) is 3.32. The van der Waals surface area contributed by atoms with Gasteiger partial charge in [0.15, 0.2) is 5.78 Å². The average Bonchev–Trinajstić information content (AvgIpc) is 2.48. The van der Waals surface area contributed by atoms with Crippen LogP contribution in [0.25, 0.3) is 10.9 Å². The van der Waals surface area contributed by atoms with Gasteiger partial charge in [0.2, 0.25) is 0 Å². The largest absolute Gasteiger partial charge is 0.288 e. The number of carbonyl (C=O) groups excluding carboxylic acids is 1. The fourth-order valence-electron chi connectivity index (χ4n) is 2.10. The van der Waals surface area contributed by atoms with Crippen LogP contribution in [0.1, 0.15) is 15.9 Å². The molecule has 0 radical (unpaired) electrons. The van der Waals surface area contributed by atoms with Crippen LogP contribution in [-0.4, -0.2) is 10.8 Å². The van der Waals surface area contributed by atoms with E-state index in [1.165, 1.54) is 18.2 Å². The molecule has 0 amide bonds. The van der Waals surface area contributed by atoms with Gasteiger partial charge in [-0.15, -0.1) is 0 Å². The van der Waals surface area contributed by atoms with Gasteiger partial charge in [0.1, 0.15) is 5.82 Å². The van der Waals surface area contributed by atoms with Crippen molar-refractivity contribution < 1.29 is 9.18 Å². The number of benzene rings is 2. The molecular weight excluding hydrogens is 321 g/mol. The number of nitrogens with zero attached hydrogens (tertiary/aromatic N) is 1. The molecule has 0 saturated heterocycles. The molecule has 2 aromatic carbocycles. The highest BCUT2D eigenvalue weighted by Gasteiger charge is 2.16. The van der Waals surface area contributed by atoms with Gasteiger partial charge in [0.05, 0.1) is 5.52 Å². The molecule has 3 aromatic rings. The molecule has 0 bridgehead atoms. The standard InChI is InChI=1S/C16H9BrFNO/c17-14-7-6-11(18)9-13(14)16(20)12-5-1-3-10-4-2-8-19-15(10)12/h1-9H. The van der Waals surface area contributed by atoms with Crippen molar-refractivity contribution in [3.63, 3.8) is 0 Å². The predicted molar refractivity (Wildman–Crippen MR) is 79.3 cm³/mol. The highest BCUT2D eigenvalue weighted by molar-refractivity contribution is 9.10. The molecule has 1 heterocycles. The lowest BCUT2D eigenvalue weighted by Crippen LogP contribution is -2.04. The second-order valence-electron chi connectivity index (χ2n) is 4.33. The molecular formula is C16H9BrFNO. The Morgan fingerprint density at radius 3 is 2.70 bits per heavy atom. The minimum absolute atomic E-state index is 0.249. The van der Waals surface area contributed by atoms with Crippen molar-refractivity contribution >= 4 is 32.6 Å². The van der Waals surface area contributed by atoms with E-state index in [-0.39, 0.29) is 5.78 Å². The summed E-state index contributed by atoms with van der Waals surface area (Å²) in [5.41, 5.74) is 1.38. The van der Waals surface area contributed by atoms with E-state index >= 15 is 0 Å². The Labute approximate surface area is 123 Å². The molecule has 0 saturated carbocycles. The van der Waals surface area contributed by atoms with Gasteiger partial charge in [-0.3, -0.25) is 9.78 Å². The molecule has 0 atom stereocenters. The SMILES string of the molecule is O=C(c1cc(F)ccc1Br)c1cccc2cccnc12. The normalized spacial score (nSPS) is 10.7. The maximum absolute atomic E-state index is 13.3. The molecule has 0 spiro atoms. The van der Waals surface area contributed by atoms with Gasteiger partial charge in [-0.1, -0.05) is 34.1 Å². The minimum Gasteiger partial charge on any atom is -0.288 e. The molecule has 4 heteroatoms. The van der Waals surface area contributed by atoms with E-state index in [1.807, 2.05) is 18.2 Å². The van der Waals surface area contributed by atoms with Gasteiger partial charge in [-0.05, 0) is 30.3 Å². The van der Waals surface area contributed by atoms with Gasteiger partial charge >= 0.3 is 0 Å². The maximum atomic E-state index is 13.3. The van der Waals surface area contributed by atoms with E-state index < -0.39 is 5.82 Å². The van der Waals surface area contributed by atoms with Crippen molar-refractivity contribution in [1.82, 2.24) is 4.98 Å². The zero-order chi connectivity index (χ0) is 14.1. The second kappa shape index (κ2) is 5.13. The van der Waals surface area contributed by atoms with Gasteiger partial charge in [-0.2, -0.15) is 0 Å². The number of para-hydroxylation sites is 1. The van der Waals surface area contributed by atoms with Crippen molar-refractivity contribution in [2.45, 2.75) is 0 Å². The third kappa shape index (κ3) is 2.23. The number of halogens is 2. The van der Waals surface area contributed by atoms with Crippen LogP contribution in [0.4, 0.5) is 4.39 Å². The van der Waals surface area contributed by atoms with Crippen molar-refractivity contribution in [2.75, 3.05) is 0 Å². The third-order valence-corrected chi connectivity index (χ3v) is 3.74. The van der Waals surface area contributed by atoms with Gasteiger partial charge < -0.3 is 0 Å². The number of ketones is 1. The summed E-state index contributed by atoms with van der Waals surface area (Å²) in [6.45, 7) is 0. The minimum atomic E-state index is -0.440. The van der Waals surface area contributed by atoms with Crippen molar-refractivity contribution in [3.05, 3.63) is 76.1 Å². The first-order valence-electron chi connectivity index (χ1n) is 6.00. The van der Waals surface area contributed by atoms with Crippen molar-refractivity contribution in [2.24, 2.45) is 0 Å². The highest BCUT2D eigenvalue weighted by Crippen LogP contribution is 2.24. The first kappa shape index (κ1) is 12.9. The second-order valence-corrected chi connectivity index (χ2v) is 5.19. The number of aromatic nitrogens is 1. The Bertz CT molecular complexity index is 811. The molecule has 0 fully saturated rings. The summed E-state index contributed by atoms with van der Waals surface area (Å²) in [6, 6.07) is 13.2. The van der Waals surface area contributed by atoms with Crippen LogP contribution >= 0.6 is 15.9 Å². The van der Waals surface area contributed by atoms with Gasteiger partial charge in [0, 0.05) is 27.2 Å². The summed E-state index contributed by atoms with van der Waals surface area (Å²) < 4.78 is 13.9. The Balaban J connectivity index is 2.20. The molecule has 2 nitrogen and oxygen atoms in total. The molecule has 0 aliphatic heterocycles. The lowest BCUT2D eigenvalue weighted by molar-refractivity contribution is 0.103. The number of hydrogen-bond donors (Lipinski definition) is 0. The van der Waals surface area contributed by atoms with Crippen LogP contribution in [0.3, 0.4) is 0 Å². The zero-order valence-electron chi connectivity index (χ0n) is 10.3. The smallest absolute Gasteiger partial charge is 0.196 e. The van der Waals surface area contributed by atoms with Crippen LogP contribution in [0.5, 0.6) is 0 Å². The highest BCUT2D eigenvalue weighted by atomic mass is 79.9. The molecule has 0 aliphatic carbocycles. The van der Waals surface area contributed by atoms with E-state index in [2.05, 4.69) is 20.9 Å². The van der Waals surface area contributed by atoms with Crippen LogP contribution in [-0.2, 0) is 0 Å². The number of carbonyl (C=O) groups is 1. The summed E-state index contributed by atoms with van der Waals surface area (Å²) in [5.74, 6) is -0.689. The summed E-state index contributed by atoms with van der Waals surface area (Å²) >= 11 is 3.28. The van der Waals surface area contributed by atoms with Crippen LogP contribution in [0, 0.1) is 5.82 Å². The van der Waals surface area contributed by atoms with Crippen molar-refractivity contribution in [1.29, 1.82) is 0 Å². The molecule has 20 heavy (non-hydrogen) atoms. The van der Waals surface area contributed by atoms with E-state index in [4.69, 9.17) is 0 Å². The first-order valence-corrected chi connectivity index (χ1v) is 6.79. The topological polar surface area (TPSA) is 30.0 Å². The molecule has 98 valence electrons. The fraction of sp³-hybridized carbons (Fsp3) is 0. The quantitative estimate of drug-likeness (QED) is 0.653. The Morgan fingerprint density at radius 1 is 1.05 bits per heavy atom. The molecule has 3 rings (SSSR count). The summed E-state index contributed by atoms with van der Waals surface area (Å²) in [4.78, 5) is 16.8. The predicted octanol–water partition coefficient (Wildman–Crippen LogP) is 4.37. The molecule has 0 aliphatic rings. The van der Waals surface area contributed by atoms with E-state index in [1.54, 1.807) is 18.3 Å². The summed E-state index contributed by atoms with van der Waals surface area (Å²) in [6.07, 6.45) is 1.64. The maximum Gasteiger partial charge on any atom is 0.196 e.